The fourth-order valence-electron chi connectivity index (χ4n) is 2.15. The number of carbonyl (C=O) groups is 1. The van der Waals surface area contributed by atoms with Crippen molar-refractivity contribution in [2.24, 2.45) is 5.92 Å². The quantitative estimate of drug-likeness (QED) is 0.913. The normalized spacial score (nSPS) is 20.2. The fraction of sp³-hybridized carbons (Fsp3) is 0.286. The molecule has 1 aliphatic carbocycles. The van der Waals surface area contributed by atoms with E-state index in [-0.39, 0.29) is 17.7 Å². The molecule has 102 valence electrons. The Balaban J connectivity index is 1.61. The molecule has 1 fully saturated rings. The van der Waals surface area contributed by atoms with E-state index in [0.29, 0.717) is 11.7 Å². The summed E-state index contributed by atoms with van der Waals surface area (Å²) in [5, 5.41) is 2.72. The second-order valence-electron chi connectivity index (χ2n) is 4.66. The van der Waals surface area contributed by atoms with Gasteiger partial charge in [0, 0.05) is 18.3 Å². The number of pyridine rings is 1. The lowest BCUT2D eigenvalue weighted by Gasteiger charge is -2.04. The van der Waals surface area contributed by atoms with E-state index in [2.05, 4.69) is 20.3 Å². The lowest BCUT2D eigenvalue weighted by atomic mass is 10.1. The minimum Gasteiger partial charge on any atom is -0.494 e. The molecule has 6 nitrogen and oxygen atoms in total. The van der Waals surface area contributed by atoms with E-state index in [1.54, 1.807) is 19.5 Å². The monoisotopic (exact) mass is 270 g/mol. The van der Waals surface area contributed by atoms with Crippen LogP contribution in [0.15, 0.2) is 36.9 Å². The molecule has 1 amide bonds. The molecule has 2 aromatic heterocycles. The summed E-state index contributed by atoms with van der Waals surface area (Å²) in [5.41, 5.74) is 1.15. The molecule has 2 atom stereocenters. The number of amides is 1. The summed E-state index contributed by atoms with van der Waals surface area (Å²) in [6, 6.07) is 3.89. The van der Waals surface area contributed by atoms with Gasteiger partial charge in [-0.1, -0.05) is 0 Å². The van der Waals surface area contributed by atoms with E-state index in [1.165, 1.54) is 12.4 Å². The highest BCUT2D eigenvalue weighted by molar-refractivity contribution is 5.93. The molecule has 0 aromatic carbocycles. The smallest absolute Gasteiger partial charge is 0.230 e. The Morgan fingerprint density at radius 1 is 1.30 bits per heavy atom. The molecule has 3 rings (SSSR count). The van der Waals surface area contributed by atoms with E-state index >= 15 is 0 Å². The number of methoxy groups -OCH3 is 1. The zero-order valence-corrected chi connectivity index (χ0v) is 11.0. The van der Waals surface area contributed by atoms with Crippen molar-refractivity contribution < 1.29 is 9.53 Å². The molecule has 1 saturated carbocycles. The molecule has 2 aromatic rings. The van der Waals surface area contributed by atoms with Crippen molar-refractivity contribution in [3.05, 3.63) is 42.5 Å². The zero-order chi connectivity index (χ0) is 13.9. The molecular weight excluding hydrogens is 256 g/mol. The Morgan fingerprint density at radius 2 is 2.00 bits per heavy atom. The van der Waals surface area contributed by atoms with Gasteiger partial charge in [0.25, 0.3) is 0 Å². The third-order valence-corrected chi connectivity index (χ3v) is 3.36. The topological polar surface area (TPSA) is 77.0 Å². The van der Waals surface area contributed by atoms with Gasteiger partial charge >= 0.3 is 0 Å². The number of nitrogens with one attached hydrogen (secondary N) is 1. The summed E-state index contributed by atoms with van der Waals surface area (Å²) in [5.74, 6) is 1.08. The van der Waals surface area contributed by atoms with Gasteiger partial charge in [-0.3, -0.25) is 15.1 Å². The van der Waals surface area contributed by atoms with Crippen molar-refractivity contribution in [2.45, 2.75) is 12.3 Å². The molecule has 0 unspecified atom stereocenters. The van der Waals surface area contributed by atoms with Crippen molar-refractivity contribution in [3.8, 4) is 5.75 Å². The van der Waals surface area contributed by atoms with Gasteiger partial charge in [0.15, 0.2) is 5.75 Å². The maximum Gasteiger partial charge on any atom is 0.230 e. The molecule has 0 radical (unpaired) electrons. The Morgan fingerprint density at radius 3 is 2.65 bits per heavy atom. The largest absolute Gasteiger partial charge is 0.494 e. The first kappa shape index (κ1) is 12.5. The Kier molecular flexibility index (Phi) is 3.28. The van der Waals surface area contributed by atoms with Crippen LogP contribution in [-0.2, 0) is 4.79 Å². The SMILES string of the molecule is COc1cnc(NC(=O)[C@@H]2C[C@H]2c2ccncc2)nc1. The van der Waals surface area contributed by atoms with Gasteiger partial charge in [-0.05, 0) is 30.0 Å². The van der Waals surface area contributed by atoms with Crippen LogP contribution in [0, 0.1) is 5.92 Å². The third kappa shape index (κ3) is 2.59. The van der Waals surface area contributed by atoms with E-state index in [9.17, 15) is 4.79 Å². The van der Waals surface area contributed by atoms with E-state index in [0.717, 1.165) is 12.0 Å². The number of rotatable bonds is 4. The molecule has 20 heavy (non-hydrogen) atoms. The first-order valence-electron chi connectivity index (χ1n) is 6.35. The highest BCUT2D eigenvalue weighted by Gasteiger charge is 2.44. The number of carbonyl (C=O) groups excluding carboxylic acids is 1. The van der Waals surface area contributed by atoms with Crippen LogP contribution in [0.5, 0.6) is 5.75 Å². The van der Waals surface area contributed by atoms with Gasteiger partial charge in [0.1, 0.15) is 0 Å². The van der Waals surface area contributed by atoms with Crippen LogP contribution in [-0.4, -0.2) is 28.0 Å². The average Bonchev–Trinajstić information content (AvgIpc) is 3.29. The Bertz CT molecular complexity index is 600. The summed E-state index contributed by atoms with van der Waals surface area (Å²) < 4.78 is 4.97. The number of ether oxygens (including phenoxy) is 1. The lowest BCUT2D eigenvalue weighted by molar-refractivity contribution is -0.117. The Labute approximate surface area is 116 Å². The van der Waals surface area contributed by atoms with Crippen LogP contribution in [0.3, 0.4) is 0 Å². The average molecular weight is 270 g/mol. The standard InChI is InChI=1S/C14H14N4O2/c1-20-10-7-16-14(17-8-10)18-13(19)12-6-11(12)9-2-4-15-5-3-9/h2-5,7-8,11-12H,6H2,1H3,(H,16,17,18,19)/t11-,12+/m0/s1. The van der Waals surface area contributed by atoms with Gasteiger partial charge < -0.3 is 4.74 Å². The van der Waals surface area contributed by atoms with Crippen molar-refractivity contribution >= 4 is 11.9 Å². The van der Waals surface area contributed by atoms with Crippen molar-refractivity contribution in [1.82, 2.24) is 15.0 Å². The molecule has 1 aliphatic rings. The molecule has 6 heteroatoms. The van der Waals surface area contributed by atoms with Crippen molar-refractivity contribution in [2.75, 3.05) is 12.4 Å². The van der Waals surface area contributed by atoms with Gasteiger partial charge in [0.2, 0.25) is 11.9 Å². The maximum absolute atomic E-state index is 12.1. The number of aromatic nitrogens is 3. The number of nitrogens with zero attached hydrogens (tertiary/aromatic N) is 3. The fourth-order valence-corrected chi connectivity index (χ4v) is 2.15. The molecule has 0 bridgehead atoms. The summed E-state index contributed by atoms with van der Waals surface area (Å²) in [6.45, 7) is 0. The predicted molar refractivity (Wildman–Crippen MR) is 72.3 cm³/mol. The van der Waals surface area contributed by atoms with Crippen LogP contribution in [0.1, 0.15) is 17.9 Å². The highest BCUT2D eigenvalue weighted by Crippen LogP contribution is 2.47. The number of hydrogen-bond donors (Lipinski definition) is 1. The van der Waals surface area contributed by atoms with E-state index in [4.69, 9.17) is 4.74 Å². The molecule has 0 spiro atoms. The van der Waals surface area contributed by atoms with E-state index < -0.39 is 0 Å². The van der Waals surface area contributed by atoms with Crippen LogP contribution < -0.4 is 10.1 Å². The molecule has 2 heterocycles. The van der Waals surface area contributed by atoms with Crippen LogP contribution in [0.25, 0.3) is 0 Å². The lowest BCUT2D eigenvalue weighted by Crippen LogP contribution is -2.16. The third-order valence-electron chi connectivity index (χ3n) is 3.36. The van der Waals surface area contributed by atoms with Crippen molar-refractivity contribution in [3.63, 3.8) is 0 Å². The van der Waals surface area contributed by atoms with Crippen LogP contribution in [0.4, 0.5) is 5.95 Å². The minimum atomic E-state index is -0.0445. The first-order chi connectivity index (χ1) is 9.78. The van der Waals surface area contributed by atoms with Crippen LogP contribution in [0.2, 0.25) is 0 Å². The summed E-state index contributed by atoms with van der Waals surface area (Å²) in [6.07, 6.45) is 7.39. The second-order valence-corrected chi connectivity index (χ2v) is 4.66. The molecule has 0 saturated heterocycles. The van der Waals surface area contributed by atoms with E-state index in [1.807, 2.05) is 12.1 Å². The summed E-state index contributed by atoms with van der Waals surface area (Å²) in [7, 11) is 1.54. The predicted octanol–water partition coefficient (Wildman–Crippen LogP) is 1.62. The highest BCUT2D eigenvalue weighted by atomic mass is 16.5. The second kappa shape index (κ2) is 5.24. The van der Waals surface area contributed by atoms with Gasteiger partial charge in [-0.25, -0.2) is 9.97 Å². The summed E-state index contributed by atoms with van der Waals surface area (Å²) in [4.78, 5) is 24.1. The van der Waals surface area contributed by atoms with Gasteiger partial charge in [0.05, 0.1) is 19.5 Å². The number of anilines is 1. The van der Waals surface area contributed by atoms with Crippen LogP contribution >= 0.6 is 0 Å². The summed E-state index contributed by atoms with van der Waals surface area (Å²) >= 11 is 0. The number of hydrogen-bond acceptors (Lipinski definition) is 5. The molecule has 1 N–H and O–H groups in total. The molecular formula is C14H14N4O2. The Hall–Kier alpha value is -2.50. The van der Waals surface area contributed by atoms with Gasteiger partial charge in [-0.15, -0.1) is 0 Å². The zero-order valence-electron chi connectivity index (χ0n) is 11.0. The minimum absolute atomic E-state index is 0.0110. The van der Waals surface area contributed by atoms with Gasteiger partial charge in [-0.2, -0.15) is 0 Å². The molecule has 0 aliphatic heterocycles. The maximum atomic E-state index is 12.1. The first-order valence-corrected chi connectivity index (χ1v) is 6.35. The van der Waals surface area contributed by atoms with Crippen molar-refractivity contribution in [1.29, 1.82) is 0 Å².